The van der Waals surface area contributed by atoms with Crippen molar-refractivity contribution >= 4 is 16.7 Å². The lowest BCUT2D eigenvalue weighted by Crippen LogP contribution is -2.15. The van der Waals surface area contributed by atoms with Gasteiger partial charge in [0, 0.05) is 17.1 Å². The number of methoxy groups -OCH3 is 2. The Labute approximate surface area is 174 Å². The fourth-order valence-electron chi connectivity index (χ4n) is 3.40. The molecule has 0 saturated carbocycles. The maximum Gasteiger partial charge on any atom is 0.339 e. The first kappa shape index (κ1) is 19.5. The van der Waals surface area contributed by atoms with Gasteiger partial charge >= 0.3 is 5.97 Å². The molecule has 5 heteroatoms. The van der Waals surface area contributed by atoms with Crippen molar-refractivity contribution in [3.8, 4) is 11.5 Å². The summed E-state index contributed by atoms with van der Waals surface area (Å²) in [6.45, 7) is 0. The Hall–Kier alpha value is -3.86. The van der Waals surface area contributed by atoms with E-state index in [0.29, 0.717) is 22.8 Å². The van der Waals surface area contributed by atoms with Crippen LogP contribution in [0.3, 0.4) is 0 Å². The van der Waals surface area contributed by atoms with Gasteiger partial charge in [-0.3, -0.25) is 4.98 Å². The summed E-state index contributed by atoms with van der Waals surface area (Å²) in [4.78, 5) is 17.5. The molecule has 0 aliphatic heterocycles. The van der Waals surface area contributed by atoms with Crippen LogP contribution in [0, 0.1) is 0 Å². The summed E-state index contributed by atoms with van der Waals surface area (Å²) in [5, 5.41) is 1.93. The number of carbonyl (C=O) groups excluding carboxylic acids is 1. The van der Waals surface area contributed by atoms with E-state index in [2.05, 4.69) is 4.98 Å². The SMILES string of the molecule is COc1ccc(C(OC(=O)c2ccccc2)c2nccc3ccccc23)cc1OC. The van der Waals surface area contributed by atoms with E-state index in [1.807, 2.05) is 48.5 Å². The highest BCUT2D eigenvalue weighted by atomic mass is 16.5. The van der Waals surface area contributed by atoms with Crippen LogP contribution >= 0.6 is 0 Å². The summed E-state index contributed by atoms with van der Waals surface area (Å²) in [6.07, 6.45) is 1.01. The maximum absolute atomic E-state index is 12.9. The molecule has 30 heavy (non-hydrogen) atoms. The van der Waals surface area contributed by atoms with Gasteiger partial charge in [0.2, 0.25) is 0 Å². The first-order valence-electron chi connectivity index (χ1n) is 9.53. The van der Waals surface area contributed by atoms with Crippen molar-refractivity contribution in [2.75, 3.05) is 14.2 Å². The van der Waals surface area contributed by atoms with Gasteiger partial charge in [-0.2, -0.15) is 0 Å². The van der Waals surface area contributed by atoms with Crippen LogP contribution in [0.4, 0.5) is 0 Å². The predicted octanol–water partition coefficient (Wildman–Crippen LogP) is 5.20. The minimum atomic E-state index is -0.719. The quantitative estimate of drug-likeness (QED) is 0.417. The molecule has 0 aliphatic carbocycles. The van der Waals surface area contributed by atoms with Crippen LogP contribution < -0.4 is 9.47 Å². The molecule has 0 spiro atoms. The molecular weight excluding hydrogens is 378 g/mol. The van der Waals surface area contributed by atoms with Gasteiger partial charge in [-0.15, -0.1) is 0 Å². The number of carbonyl (C=O) groups is 1. The number of benzene rings is 3. The van der Waals surface area contributed by atoms with E-state index in [4.69, 9.17) is 14.2 Å². The van der Waals surface area contributed by atoms with Crippen LogP contribution in [-0.2, 0) is 4.74 Å². The van der Waals surface area contributed by atoms with Crippen molar-refractivity contribution in [1.29, 1.82) is 0 Å². The Kier molecular flexibility index (Phi) is 5.61. The van der Waals surface area contributed by atoms with Gasteiger partial charge in [-0.25, -0.2) is 4.79 Å². The van der Waals surface area contributed by atoms with Crippen molar-refractivity contribution in [1.82, 2.24) is 4.98 Å². The molecule has 1 aromatic heterocycles. The van der Waals surface area contributed by atoms with Gasteiger partial charge in [0.05, 0.1) is 25.5 Å². The summed E-state index contributed by atoms with van der Waals surface area (Å²) >= 11 is 0. The number of pyridine rings is 1. The van der Waals surface area contributed by atoms with Crippen molar-refractivity contribution in [3.05, 3.63) is 102 Å². The van der Waals surface area contributed by atoms with Gasteiger partial charge < -0.3 is 14.2 Å². The molecule has 3 aromatic carbocycles. The molecule has 0 bridgehead atoms. The van der Waals surface area contributed by atoms with Crippen LogP contribution in [0.5, 0.6) is 11.5 Å². The molecule has 0 fully saturated rings. The normalized spacial score (nSPS) is 11.7. The van der Waals surface area contributed by atoms with Gasteiger partial charge in [-0.1, -0.05) is 48.5 Å². The van der Waals surface area contributed by atoms with E-state index in [0.717, 1.165) is 16.3 Å². The Morgan fingerprint density at radius 2 is 1.57 bits per heavy atom. The Bertz CT molecular complexity index is 1170. The molecule has 4 rings (SSSR count). The van der Waals surface area contributed by atoms with E-state index < -0.39 is 12.1 Å². The second-order valence-corrected chi connectivity index (χ2v) is 6.68. The molecule has 0 amide bonds. The lowest BCUT2D eigenvalue weighted by molar-refractivity contribution is 0.0373. The zero-order valence-electron chi connectivity index (χ0n) is 16.7. The third kappa shape index (κ3) is 3.82. The van der Waals surface area contributed by atoms with Crippen LogP contribution in [0.2, 0.25) is 0 Å². The minimum absolute atomic E-state index is 0.426. The Morgan fingerprint density at radius 1 is 0.833 bits per heavy atom. The summed E-state index contributed by atoms with van der Waals surface area (Å²) in [5.41, 5.74) is 1.87. The predicted molar refractivity (Wildman–Crippen MR) is 115 cm³/mol. The second-order valence-electron chi connectivity index (χ2n) is 6.68. The molecule has 1 atom stereocenters. The summed E-state index contributed by atoms with van der Waals surface area (Å²) in [6, 6.07) is 24.2. The number of rotatable bonds is 6. The zero-order valence-corrected chi connectivity index (χ0v) is 16.7. The van der Waals surface area contributed by atoms with E-state index >= 15 is 0 Å². The van der Waals surface area contributed by atoms with Crippen LogP contribution in [-0.4, -0.2) is 25.2 Å². The van der Waals surface area contributed by atoms with Crippen molar-refractivity contribution < 1.29 is 19.0 Å². The molecule has 0 N–H and O–H groups in total. The number of nitrogens with zero attached hydrogens (tertiary/aromatic N) is 1. The standard InChI is InChI=1S/C25H21NO4/c1-28-21-13-12-19(16-22(21)29-2)24(30-25(27)18-9-4-3-5-10-18)23-20-11-7-6-8-17(20)14-15-26-23/h3-16,24H,1-2H3. The highest BCUT2D eigenvalue weighted by Gasteiger charge is 2.24. The Morgan fingerprint density at radius 3 is 2.33 bits per heavy atom. The van der Waals surface area contributed by atoms with Gasteiger partial charge in [0.25, 0.3) is 0 Å². The minimum Gasteiger partial charge on any atom is -0.493 e. The van der Waals surface area contributed by atoms with E-state index in [-0.39, 0.29) is 0 Å². The average Bonchev–Trinajstić information content (AvgIpc) is 2.82. The molecule has 0 saturated heterocycles. The molecule has 4 aromatic rings. The molecule has 1 unspecified atom stereocenters. The molecule has 5 nitrogen and oxygen atoms in total. The monoisotopic (exact) mass is 399 g/mol. The van der Waals surface area contributed by atoms with E-state index in [1.54, 1.807) is 50.7 Å². The van der Waals surface area contributed by atoms with Gasteiger partial charge in [0.15, 0.2) is 17.6 Å². The summed E-state index contributed by atoms with van der Waals surface area (Å²) in [5.74, 6) is 0.724. The van der Waals surface area contributed by atoms with Crippen molar-refractivity contribution in [2.45, 2.75) is 6.10 Å². The highest BCUT2D eigenvalue weighted by molar-refractivity contribution is 5.90. The van der Waals surface area contributed by atoms with Crippen LogP contribution in [0.25, 0.3) is 10.8 Å². The number of aromatic nitrogens is 1. The average molecular weight is 399 g/mol. The lowest BCUT2D eigenvalue weighted by Gasteiger charge is -2.21. The molecule has 0 aliphatic rings. The van der Waals surface area contributed by atoms with E-state index in [1.165, 1.54) is 0 Å². The largest absolute Gasteiger partial charge is 0.493 e. The van der Waals surface area contributed by atoms with E-state index in [9.17, 15) is 4.79 Å². The fourth-order valence-corrected chi connectivity index (χ4v) is 3.40. The molecule has 0 radical (unpaired) electrons. The summed E-state index contributed by atoms with van der Waals surface area (Å²) in [7, 11) is 3.15. The topological polar surface area (TPSA) is 57.7 Å². The number of ether oxygens (including phenoxy) is 3. The van der Waals surface area contributed by atoms with Crippen LogP contribution in [0.15, 0.2) is 85.1 Å². The zero-order chi connectivity index (χ0) is 20.9. The third-order valence-corrected chi connectivity index (χ3v) is 4.90. The smallest absolute Gasteiger partial charge is 0.339 e. The molecular formula is C25H21NO4. The van der Waals surface area contributed by atoms with Crippen molar-refractivity contribution in [2.24, 2.45) is 0 Å². The number of hydrogen-bond donors (Lipinski definition) is 0. The lowest BCUT2D eigenvalue weighted by atomic mass is 10.00. The first-order chi connectivity index (χ1) is 14.7. The highest BCUT2D eigenvalue weighted by Crippen LogP contribution is 2.36. The van der Waals surface area contributed by atoms with Crippen LogP contribution in [0.1, 0.15) is 27.7 Å². The van der Waals surface area contributed by atoms with Crippen molar-refractivity contribution in [3.63, 3.8) is 0 Å². The number of fused-ring (bicyclic) bond motifs is 1. The Balaban J connectivity index is 1.84. The number of esters is 1. The molecule has 150 valence electrons. The summed E-state index contributed by atoms with van der Waals surface area (Å²) < 4.78 is 16.8. The second kappa shape index (κ2) is 8.66. The third-order valence-electron chi connectivity index (χ3n) is 4.90. The maximum atomic E-state index is 12.9. The fraction of sp³-hybridized carbons (Fsp3) is 0.120. The van der Waals surface area contributed by atoms with Gasteiger partial charge in [-0.05, 0) is 35.7 Å². The first-order valence-corrected chi connectivity index (χ1v) is 9.53. The van der Waals surface area contributed by atoms with Gasteiger partial charge in [0.1, 0.15) is 0 Å². The molecule has 1 heterocycles. The number of hydrogen-bond acceptors (Lipinski definition) is 5.